The molecule has 0 aliphatic rings. The Bertz CT molecular complexity index is 1210. The molecule has 0 bridgehead atoms. The number of aromatic nitrogens is 1. The molecule has 0 aliphatic carbocycles. The van der Waals surface area contributed by atoms with Gasteiger partial charge in [-0.25, -0.2) is 4.98 Å². The maximum atomic E-state index is 13.6. The fraction of sp³-hybridized carbons (Fsp3) is 0.500. The highest BCUT2D eigenvalue weighted by Gasteiger charge is 2.43. The van der Waals surface area contributed by atoms with E-state index >= 15 is 0 Å². The van der Waals surface area contributed by atoms with E-state index in [2.05, 4.69) is 15.6 Å². The van der Waals surface area contributed by atoms with Gasteiger partial charge in [0.1, 0.15) is 11.7 Å². The second kappa shape index (κ2) is 16.0. The first-order valence-corrected chi connectivity index (χ1v) is 14.1. The quantitative estimate of drug-likeness (QED) is 0.226. The number of aliphatic hydroxyl groups is 1. The van der Waals surface area contributed by atoms with Gasteiger partial charge in [0.25, 0.3) is 11.9 Å². The average Bonchev–Trinajstić information content (AvgIpc) is 2.96. The number of amides is 2. The Hall–Kier alpha value is -3.77. The van der Waals surface area contributed by atoms with Crippen LogP contribution < -0.4 is 10.6 Å². The van der Waals surface area contributed by atoms with E-state index in [1.165, 1.54) is 24.9 Å². The first kappa shape index (κ1) is 34.4. The zero-order valence-electron chi connectivity index (χ0n) is 25.7. The summed E-state index contributed by atoms with van der Waals surface area (Å²) in [6, 6.07) is 12.2. The highest BCUT2D eigenvalue weighted by atomic mass is 16.5. The molecular formula is C30H43BN4O7. The molecule has 0 unspecified atom stereocenters. The summed E-state index contributed by atoms with van der Waals surface area (Å²) in [6.07, 6.45) is -0.907. The Morgan fingerprint density at radius 1 is 0.929 bits per heavy atom. The molecule has 2 rings (SSSR count). The number of carbonyl (C=O) groups is 4. The summed E-state index contributed by atoms with van der Waals surface area (Å²) in [5.74, 6) is -3.61. The smallest absolute Gasteiger partial charge is 0.475 e. The van der Waals surface area contributed by atoms with Crippen LogP contribution in [-0.4, -0.2) is 84.0 Å². The molecule has 11 nitrogen and oxygen atoms in total. The van der Waals surface area contributed by atoms with Crippen molar-refractivity contribution in [2.75, 3.05) is 14.2 Å². The summed E-state index contributed by atoms with van der Waals surface area (Å²) >= 11 is 0. The number of benzene rings is 1. The summed E-state index contributed by atoms with van der Waals surface area (Å²) in [4.78, 5) is 57.7. The second-order valence-corrected chi connectivity index (χ2v) is 11.1. The Kier molecular flexibility index (Phi) is 13.1. The van der Waals surface area contributed by atoms with Crippen molar-refractivity contribution in [3.05, 3.63) is 54.2 Å². The third-order valence-corrected chi connectivity index (χ3v) is 6.76. The van der Waals surface area contributed by atoms with E-state index in [1.807, 2.05) is 44.2 Å². The van der Waals surface area contributed by atoms with Gasteiger partial charge in [-0.05, 0) is 45.4 Å². The van der Waals surface area contributed by atoms with Gasteiger partial charge >= 0.3 is 13.0 Å². The Morgan fingerprint density at radius 3 is 2.12 bits per heavy atom. The lowest BCUT2D eigenvalue weighted by atomic mass is 9.66. The van der Waals surface area contributed by atoms with Gasteiger partial charge in [0.15, 0.2) is 0 Å². The zero-order chi connectivity index (χ0) is 31.6. The highest BCUT2D eigenvalue weighted by Crippen LogP contribution is 2.18. The summed E-state index contributed by atoms with van der Waals surface area (Å²) in [5.41, 5.74) is 1.47. The fourth-order valence-electron chi connectivity index (χ4n) is 4.24. The van der Waals surface area contributed by atoms with Crippen LogP contribution in [0.5, 0.6) is 0 Å². The number of methoxy groups -OCH3 is 1. The van der Waals surface area contributed by atoms with Crippen LogP contribution in [0.1, 0.15) is 58.5 Å². The van der Waals surface area contributed by atoms with Crippen LogP contribution in [0, 0.1) is 11.8 Å². The van der Waals surface area contributed by atoms with Gasteiger partial charge in [0.2, 0.25) is 5.91 Å². The minimum Gasteiger partial charge on any atom is -0.518 e. The predicted molar refractivity (Wildman–Crippen MR) is 160 cm³/mol. The normalized spacial score (nSPS) is 14.1. The number of carbonyl (C=O) groups excluding carboxylic acids is 4. The van der Waals surface area contributed by atoms with E-state index < -0.39 is 60.9 Å². The molecule has 0 radical (unpaired) electrons. The number of ether oxygens (including phenoxy) is 1. The molecule has 0 aliphatic heterocycles. The number of nitrogens with zero attached hydrogens (tertiary/aromatic N) is 2. The van der Waals surface area contributed by atoms with Gasteiger partial charge in [-0.3, -0.25) is 24.0 Å². The molecule has 12 heteroatoms. The van der Waals surface area contributed by atoms with Crippen LogP contribution in [0.3, 0.4) is 0 Å². The van der Waals surface area contributed by atoms with E-state index in [4.69, 9.17) is 9.39 Å². The van der Waals surface area contributed by atoms with Crippen molar-refractivity contribution in [1.82, 2.24) is 20.4 Å². The van der Waals surface area contributed by atoms with Crippen molar-refractivity contribution >= 4 is 30.8 Å². The van der Waals surface area contributed by atoms with Crippen molar-refractivity contribution in [2.24, 2.45) is 11.8 Å². The number of rotatable bonds is 14. The van der Waals surface area contributed by atoms with Crippen molar-refractivity contribution in [3.63, 3.8) is 0 Å². The van der Waals surface area contributed by atoms with E-state index in [-0.39, 0.29) is 11.6 Å². The van der Waals surface area contributed by atoms with Crippen LogP contribution in [0.4, 0.5) is 0 Å². The van der Waals surface area contributed by atoms with Gasteiger partial charge in [-0.2, -0.15) is 0 Å². The first-order chi connectivity index (χ1) is 19.8. The molecule has 42 heavy (non-hydrogen) atoms. The molecule has 1 aromatic heterocycles. The Labute approximate surface area is 248 Å². The monoisotopic (exact) mass is 582 g/mol. The molecule has 0 fully saturated rings. The topological polar surface area (TPSA) is 147 Å². The summed E-state index contributed by atoms with van der Waals surface area (Å²) in [7, 11) is 1.81. The van der Waals surface area contributed by atoms with E-state index in [9.17, 15) is 24.3 Å². The average molecular weight is 583 g/mol. The van der Waals surface area contributed by atoms with E-state index in [0.717, 1.165) is 5.56 Å². The van der Waals surface area contributed by atoms with E-state index in [0.29, 0.717) is 12.1 Å². The maximum absolute atomic E-state index is 13.6. The number of esters is 1. The van der Waals surface area contributed by atoms with Crippen molar-refractivity contribution < 1.29 is 33.7 Å². The molecular weight excluding hydrogens is 539 g/mol. The number of likely N-dealkylation sites (N-methyl/N-ethyl adjacent to an activating group) is 1. The van der Waals surface area contributed by atoms with Gasteiger partial charge in [0, 0.05) is 11.5 Å². The lowest BCUT2D eigenvalue weighted by molar-refractivity contribution is -0.146. The molecule has 2 aromatic rings. The number of nitrogens with one attached hydrogen (secondary N) is 2. The molecule has 2 amide bonds. The molecule has 0 saturated carbocycles. The largest absolute Gasteiger partial charge is 0.518 e. The Balaban J connectivity index is 2.35. The van der Waals surface area contributed by atoms with Gasteiger partial charge < -0.3 is 25.1 Å². The number of hydrogen-bond acceptors (Lipinski definition) is 9. The summed E-state index contributed by atoms with van der Waals surface area (Å²) in [6.45, 7) is 10.2. The van der Waals surface area contributed by atoms with Gasteiger partial charge in [0.05, 0.1) is 30.9 Å². The van der Waals surface area contributed by atoms with E-state index in [1.54, 1.807) is 40.0 Å². The standard InChI is InChI=1S/C30H43BN4O7/c1-18(2)17-25(31(42-29(39)19(3)4)35(7)20(5)30(40)41-8)33-28(38)26(21(6)36)34-27(37)24-16-12-15-23(32-24)22-13-10-9-11-14-22/h9-16,18-21,25-26,36H,17H2,1-8H3,(H,33,38)(H,34,37)/t20-,21-,25+,26+/m1/s1. The fourth-order valence-corrected chi connectivity index (χ4v) is 4.24. The molecule has 1 aromatic carbocycles. The van der Waals surface area contributed by atoms with Crippen LogP contribution in [0.15, 0.2) is 48.5 Å². The lowest BCUT2D eigenvalue weighted by Gasteiger charge is -2.35. The summed E-state index contributed by atoms with van der Waals surface area (Å²) in [5, 5.41) is 16.0. The van der Waals surface area contributed by atoms with Crippen molar-refractivity contribution in [1.29, 1.82) is 0 Å². The maximum Gasteiger partial charge on any atom is 0.475 e. The third-order valence-electron chi connectivity index (χ3n) is 6.76. The highest BCUT2D eigenvalue weighted by molar-refractivity contribution is 6.53. The minimum absolute atomic E-state index is 0.0434. The number of aliphatic hydroxyl groups excluding tert-OH is 1. The van der Waals surface area contributed by atoms with Crippen LogP contribution in [-0.2, 0) is 23.8 Å². The molecule has 0 saturated heterocycles. The van der Waals surface area contributed by atoms with Gasteiger partial charge in [-0.1, -0.05) is 64.1 Å². The molecule has 3 N–H and O–H groups in total. The number of pyridine rings is 1. The van der Waals surface area contributed by atoms with Gasteiger partial charge in [-0.15, -0.1) is 0 Å². The third kappa shape index (κ3) is 9.66. The van der Waals surface area contributed by atoms with Crippen molar-refractivity contribution in [2.45, 2.75) is 72.1 Å². The zero-order valence-corrected chi connectivity index (χ0v) is 25.7. The summed E-state index contributed by atoms with van der Waals surface area (Å²) < 4.78 is 10.7. The second-order valence-electron chi connectivity index (χ2n) is 11.1. The minimum atomic E-state index is -1.35. The van der Waals surface area contributed by atoms with Crippen LogP contribution in [0.2, 0.25) is 0 Å². The van der Waals surface area contributed by atoms with Crippen LogP contribution in [0.25, 0.3) is 11.3 Å². The molecule has 228 valence electrons. The Morgan fingerprint density at radius 2 is 1.57 bits per heavy atom. The molecule has 1 heterocycles. The predicted octanol–water partition coefficient (Wildman–Crippen LogP) is 2.48. The first-order valence-electron chi connectivity index (χ1n) is 14.1. The van der Waals surface area contributed by atoms with Crippen LogP contribution >= 0.6 is 0 Å². The SMILES string of the molecule is COC(=O)[C@@H](C)N(C)B(OC(=O)C(C)C)[C@H](CC(C)C)NC(=O)[C@@H](NC(=O)c1cccc(-c2ccccc2)n1)[C@@H](C)O. The molecule has 4 atom stereocenters. The lowest BCUT2D eigenvalue weighted by Crippen LogP contribution is -2.63. The number of hydrogen-bond donors (Lipinski definition) is 3. The molecule has 0 spiro atoms. The van der Waals surface area contributed by atoms with Crippen molar-refractivity contribution in [3.8, 4) is 11.3 Å².